The third-order valence-electron chi connectivity index (χ3n) is 4.52. The van der Waals surface area contributed by atoms with E-state index in [9.17, 15) is 4.79 Å². The zero-order valence-electron chi connectivity index (χ0n) is 16.9. The van der Waals surface area contributed by atoms with Gasteiger partial charge in [-0.1, -0.05) is 54.6 Å². The molecule has 0 aliphatic carbocycles. The van der Waals surface area contributed by atoms with E-state index >= 15 is 0 Å². The molecule has 0 aliphatic rings. The third kappa shape index (κ3) is 4.07. The van der Waals surface area contributed by atoms with E-state index in [2.05, 4.69) is 15.4 Å². The number of amides is 1. The molecular formula is C24H22N4O2. The number of ether oxygens (including phenoxy) is 1. The number of aromatic nitrogens is 3. The lowest BCUT2D eigenvalue weighted by Gasteiger charge is -2.09. The van der Waals surface area contributed by atoms with Gasteiger partial charge in [0.15, 0.2) is 5.82 Å². The van der Waals surface area contributed by atoms with E-state index in [0.29, 0.717) is 23.9 Å². The fourth-order valence-electron chi connectivity index (χ4n) is 3.15. The highest BCUT2D eigenvalue weighted by molar-refractivity contribution is 6.02. The van der Waals surface area contributed by atoms with Crippen LogP contribution in [0.25, 0.3) is 17.1 Å². The van der Waals surface area contributed by atoms with Crippen molar-refractivity contribution in [1.29, 1.82) is 0 Å². The van der Waals surface area contributed by atoms with Crippen molar-refractivity contribution in [2.45, 2.75) is 13.8 Å². The first-order valence-corrected chi connectivity index (χ1v) is 9.78. The molecule has 6 nitrogen and oxygen atoms in total. The zero-order valence-corrected chi connectivity index (χ0v) is 16.9. The van der Waals surface area contributed by atoms with Crippen LogP contribution in [-0.2, 0) is 0 Å². The molecule has 0 saturated heterocycles. The molecule has 0 saturated carbocycles. The van der Waals surface area contributed by atoms with Crippen LogP contribution >= 0.6 is 0 Å². The summed E-state index contributed by atoms with van der Waals surface area (Å²) in [5, 5.41) is 7.39. The summed E-state index contributed by atoms with van der Waals surface area (Å²) in [6.45, 7) is 4.42. The number of hydrogen-bond acceptors (Lipinski definition) is 4. The van der Waals surface area contributed by atoms with Crippen LogP contribution in [0.4, 0.5) is 5.69 Å². The summed E-state index contributed by atoms with van der Waals surface area (Å²) >= 11 is 0. The lowest BCUT2D eigenvalue weighted by Crippen LogP contribution is -2.15. The largest absolute Gasteiger partial charge is 0.492 e. The molecule has 4 rings (SSSR count). The van der Waals surface area contributed by atoms with Crippen molar-refractivity contribution in [3.05, 3.63) is 90.3 Å². The maximum atomic E-state index is 13.0. The molecule has 1 amide bonds. The van der Waals surface area contributed by atoms with Crippen LogP contribution in [0.15, 0.2) is 78.9 Å². The molecule has 0 spiro atoms. The Labute approximate surface area is 175 Å². The molecule has 0 bridgehead atoms. The van der Waals surface area contributed by atoms with Crippen molar-refractivity contribution in [2.24, 2.45) is 0 Å². The quantitative estimate of drug-likeness (QED) is 0.502. The normalized spacial score (nSPS) is 10.6. The van der Waals surface area contributed by atoms with Crippen molar-refractivity contribution in [3.8, 4) is 22.8 Å². The molecule has 0 aliphatic heterocycles. The Morgan fingerprint density at radius 3 is 2.53 bits per heavy atom. The molecule has 1 aromatic heterocycles. The number of anilines is 1. The maximum absolute atomic E-state index is 13.0. The van der Waals surface area contributed by atoms with Gasteiger partial charge in [0.25, 0.3) is 5.91 Å². The zero-order chi connectivity index (χ0) is 20.9. The van der Waals surface area contributed by atoms with Gasteiger partial charge in [0.05, 0.1) is 18.0 Å². The van der Waals surface area contributed by atoms with Gasteiger partial charge in [-0.25, -0.2) is 9.67 Å². The van der Waals surface area contributed by atoms with E-state index in [4.69, 9.17) is 4.74 Å². The van der Waals surface area contributed by atoms with E-state index in [1.54, 1.807) is 10.7 Å². The van der Waals surface area contributed by atoms with Crippen LogP contribution < -0.4 is 10.1 Å². The average molecular weight is 398 g/mol. The summed E-state index contributed by atoms with van der Waals surface area (Å²) in [4.78, 5) is 17.5. The molecule has 0 atom stereocenters. The molecule has 0 radical (unpaired) electrons. The molecule has 0 fully saturated rings. The predicted molar refractivity (Wildman–Crippen MR) is 117 cm³/mol. The fourth-order valence-corrected chi connectivity index (χ4v) is 3.15. The van der Waals surface area contributed by atoms with Crippen molar-refractivity contribution in [1.82, 2.24) is 14.8 Å². The molecule has 6 heteroatoms. The monoisotopic (exact) mass is 398 g/mol. The molecule has 30 heavy (non-hydrogen) atoms. The number of rotatable bonds is 6. The first-order valence-electron chi connectivity index (χ1n) is 9.78. The second-order valence-corrected chi connectivity index (χ2v) is 6.76. The highest BCUT2D eigenvalue weighted by atomic mass is 16.5. The van der Waals surface area contributed by atoms with Crippen molar-refractivity contribution in [2.75, 3.05) is 11.9 Å². The van der Waals surface area contributed by atoms with Crippen molar-refractivity contribution < 1.29 is 9.53 Å². The lowest BCUT2D eigenvalue weighted by atomic mass is 10.2. The highest BCUT2D eigenvalue weighted by Gasteiger charge is 2.20. The Morgan fingerprint density at radius 2 is 1.77 bits per heavy atom. The Hall–Kier alpha value is -3.93. The van der Waals surface area contributed by atoms with Gasteiger partial charge in [-0.15, -0.1) is 5.10 Å². The molecular weight excluding hydrogens is 376 g/mol. The number of nitrogens with zero attached hydrogens (tertiary/aromatic N) is 3. The number of benzene rings is 3. The van der Waals surface area contributed by atoms with E-state index in [1.165, 1.54) is 0 Å². The number of hydrogen-bond donors (Lipinski definition) is 1. The first-order chi connectivity index (χ1) is 14.7. The van der Waals surface area contributed by atoms with Crippen LogP contribution in [0.2, 0.25) is 0 Å². The van der Waals surface area contributed by atoms with Gasteiger partial charge in [-0.2, -0.15) is 0 Å². The van der Waals surface area contributed by atoms with Gasteiger partial charge in [0.1, 0.15) is 5.75 Å². The molecule has 1 N–H and O–H groups in total. The van der Waals surface area contributed by atoms with Gasteiger partial charge < -0.3 is 10.1 Å². The Bertz CT molecular complexity index is 1170. The average Bonchev–Trinajstić information content (AvgIpc) is 3.22. The SMILES string of the molecule is CCOc1ccccc1NC(=O)c1nc(-c2ccccc2)n(-c2cccc(C)c2)n1. The minimum atomic E-state index is -0.397. The minimum absolute atomic E-state index is 0.0849. The number of nitrogens with one attached hydrogen (secondary N) is 1. The molecule has 3 aromatic carbocycles. The van der Waals surface area contributed by atoms with E-state index in [1.807, 2.05) is 86.6 Å². The predicted octanol–water partition coefficient (Wildman–Crippen LogP) is 4.89. The number of para-hydroxylation sites is 2. The van der Waals surface area contributed by atoms with E-state index in [0.717, 1.165) is 16.8 Å². The minimum Gasteiger partial charge on any atom is -0.492 e. The summed E-state index contributed by atoms with van der Waals surface area (Å²) in [7, 11) is 0. The highest BCUT2D eigenvalue weighted by Crippen LogP contribution is 2.25. The fraction of sp³-hybridized carbons (Fsp3) is 0.125. The van der Waals surface area contributed by atoms with Gasteiger partial charge >= 0.3 is 0 Å². The summed E-state index contributed by atoms with van der Waals surface area (Å²) in [6, 6.07) is 24.9. The van der Waals surface area contributed by atoms with Crippen LogP contribution in [0, 0.1) is 6.92 Å². The number of carbonyl (C=O) groups excluding carboxylic acids is 1. The topological polar surface area (TPSA) is 69.0 Å². The second-order valence-electron chi connectivity index (χ2n) is 6.76. The van der Waals surface area contributed by atoms with Gasteiger partial charge in [0.2, 0.25) is 5.82 Å². The van der Waals surface area contributed by atoms with Gasteiger partial charge in [-0.3, -0.25) is 4.79 Å². The van der Waals surface area contributed by atoms with Crippen LogP contribution in [0.1, 0.15) is 23.1 Å². The Morgan fingerprint density at radius 1 is 1.00 bits per heavy atom. The first kappa shape index (κ1) is 19.4. The molecule has 4 aromatic rings. The van der Waals surface area contributed by atoms with Crippen molar-refractivity contribution >= 4 is 11.6 Å². The summed E-state index contributed by atoms with van der Waals surface area (Å²) in [6.07, 6.45) is 0. The third-order valence-corrected chi connectivity index (χ3v) is 4.52. The smallest absolute Gasteiger partial charge is 0.295 e. The summed E-state index contributed by atoms with van der Waals surface area (Å²) in [5.74, 6) is 0.895. The van der Waals surface area contributed by atoms with Crippen LogP contribution in [0.5, 0.6) is 5.75 Å². The van der Waals surface area contributed by atoms with Gasteiger partial charge in [-0.05, 0) is 43.7 Å². The Kier molecular flexibility index (Phi) is 5.57. The Balaban J connectivity index is 1.73. The van der Waals surface area contributed by atoms with Gasteiger partial charge in [0, 0.05) is 5.56 Å². The number of carbonyl (C=O) groups is 1. The molecule has 0 unspecified atom stereocenters. The molecule has 1 heterocycles. The summed E-state index contributed by atoms with van der Waals surface area (Å²) in [5.41, 5.74) is 3.39. The van der Waals surface area contributed by atoms with E-state index < -0.39 is 5.91 Å². The van der Waals surface area contributed by atoms with E-state index in [-0.39, 0.29) is 5.82 Å². The number of aryl methyl sites for hydroxylation is 1. The maximum Gasteiger partial charge on any atom is 0.295 e. The summed E-state index contributed by atoms with van der Waals surface area (Å²) < 4.78 is 7.29. The van der Waals surface area contributed by atoms with Crippen molar-refractivity contribution in [3.63, 3.8) is 0 Å². The molecule has 150 valence electrons. The lowest BCUT2D eigenvalue weighted by molar-refractivity contribution is 0.101. The van der Waals surface area contributed by atoms with Crippen LogP contribution in [0.3, 0.4) is 0 Å². The second kappa shape index (κ2) is 8.61. The standard InChI is InChI=1S/C24H22N4O2/c1-3-30-21-15-8-7-14-20(21)25-24(29)22-26-23(18-11-5-4-6-12-18)28(27-22)19-13-9-10-17(2)16-19/h4-16H,3H2,1-2H3,(H,25,29). The van der Waals surface area contributed by atoms with Crippen LogP contribution in [-0.4, -0.2) is 27.3 Å².